The number of aryl methyl sites for hydroxylation is 1. The highest BCUT2D eigenvalue weighted by Crippen LogP contribution is 2.33. The fourth-order valence-electron chi connectivity index (χ4n) is 2.11. The number of hydrogen-bond acceptors (Lipinski definition) is 5. The predicted octanol–water partition coefficient (Wildman–Crippen LogP) is 2.58. The number of rotatable bonds is 8. The third kappa shape index (κ3) is 5.04. The maximum absolute atomic E-state index is 12.5. The lowest BCUT2D eigenvalue weighted by Gasteiger charge is -2.14. The van der Waals surface area contributed by atoms with E-state index in [4.69, 9.17) is 21.1 Å². The lowest BCUT2D eigenvalue weighted by molar-refractivity contribution is 0.101. The maximum Gasteiger partial charge on any atom is 0.276 e. The summed E-state index contributed by atoms with van der Waals surface area (Å²) in [6, 6.07) is 7.75. The highest BCUT2D eigenvalue weighted by atomic mass is 35.5. The van der Waals surface area contributed by atoms with Gasteiger partial charge in [-0.05, 0) is 24.6 Å². The number of amides is 1. The van der Waals surface area contributed by atoms with Crippen LogP contribution in [0.3, 0.4) is 0 Å². The van der Waals surface area contributed by atoms with Crippen LogP contribution >= 0.6 is 11.6 Å². The van der Waals surface area contributed by atoms with Crippen LogP contribution in [0.1, 0.15) is 23.8 Å². The van der Waals surface area contributed by atoms with E-state index in [0.717, 1.165) is 6.42 Å². The second kappa shape index (κ2) is 9.19. The third-order valence-electron chi connectivity index (χ3n) is 3.28. The molecule has 0 unspecified atom stereocenters. The summed E-state index contributed by atoms with van der Waals surface area (Å²) in [4.78, 5) is 24.2. The Morgan fingerprint density at radius 2 is 2.08 bits per heavy atom. The third-order valence-corrected chi connectivity index (χ3v) is 3.58. The zero-order chi connectivity index (χ0) is 18.2. The van der Waals surface area contributed by atoms with Crippen molar-refractivity contribution in [2.45, 2.75) is 19.9 Å². The van der Waals surface area contributed by atoms with Crippen LogP contribution in [0.25, 0.3) is 0 Å². The molecule has 25 heavy (non-hydrogen) atoms. The average molecular weight is 366 g/mol. The standard InChI is InChI=1S/C17H20ClN3O4/c1-3-9-21-15(22)8-7-14(20-21)17(23)19-13-6-4-5-12(18)16(13)25-11-10-24-2/h4-8H,3,9-11H2,1-2H3,(H,19,23). The molecule has 134 valence electrons. The second-order valence-electron chi connectivity index (χ2n) is 5.19. The van der Waals surface area contributed by atoms with E-state index < -0.39 is 5.91 Å². The minimum Gasteiger partial charge on any atom is -0.487 e. The molecule has 2 rings (SSSR count). The van der Waals surface area contributed by atoms with E-state index in [9.17, 15) is 9.59 Å². The Labute approximate surface area is 150 Å². The molecule has 0 aliphatic heterocycles. The SMILES string of the molecule is CCCn1nc(C(=O)Nc2cccc(Cl)c2OCCOC)ccc1=O. The van der Waals surface area contributed by atoms with Gasteiger partial charge in [-0.3, -0.25) is 9.59 Å². The van der Waals surface area contributed by atoms with Crippen LogP contribution in [0.15, 0.2) is 35.1 Å². The van der Waals surface area contributed by atoms with Crippen LogP contribution in [0.2, 0.25) is 5.02 Å². The van der Waals surface area contributed by atoms with Gasteiger partial charge in [-0.25, -0.2) is 4.68 Å². The molecule has 1 heterocycles. The first-order chi connectivity index (χ1) is 12.1. The van der Waals surface area contributed by atoms with Gasteiger partial charge in [0.15, 0.2) is 5.75 Å². The quantitative estimate of drug-likeness (QED) is 0.727. The van der Waals surface area contributed by atoms with Crippen LogP contribution in [-0.4, -0.2) is 36.0 Å². The van der Waals surface area contributed by atoms with Crippen LogP contribution in [0.5, 0.6) is 5.75 Å². The number of anilines is 1. The summed E-state index contributed by atoms with van der Waals surface area (Å²) in [6.45, 7) is 3.06. The Balaban J connectivity index is 2.21. The van der Waals surface area contributed by atoms with Crippen molar-refractivity contribution in [2.24, 2.45) is 0 Å². The molecule has 8 heteroatoms. The minimum absolute atomic E-state index is 0.135. The summed E-state index contributed by atoms with van der Waals surface area (Å²) >= 11 is 6.15. The normalized spacial score (nSPS) is 10.5. The molecule has 0 saturated heterocycles. The van der Waals surface area contributed by atoms with E-state index in [0.29, 0.717) is 36.2 Å². The predicted molar refractivity (Wildman–Crippen MR) is 95.6 cm³/mol. The van der Waals surface area contributed by atoms with Crippen molar-refractivity contribution in [3.05, 3.63) is 51.4 Å². The van der Waals surface area contributed by atoms with Crippen molar-refractivity contribution in [3.8, 4) is 5.75 Å². The van der Waals surface area contributed by atoms with Crippen LogP contribution < -0.4 is 15.6 Å². The number of halogens is 1. The van der Waals surface area contributed by atoms with Crippen molar-refractivity contribution in [1.29, 1.82) is 0 Å². The molecule has 0 aliphatic carbocycles. The first-order valence-electron chi connectivity index (χ1n) is 7.86. The van der Waals surface area contributed by atoms with Gasteiger partial charge in [0.25, 0.3) is 11.5 Å². The van der Waals surface area contributed by atoms with E-state index in [1.54, 1.807) is 25.3 Å². The molecule has 1 aromatic carbocycles. The van der Waals surface area contributed by atoms with Gasteiger partial charge in [0.1, 0.15) is 12.3 Å². The number of carbonyl (C=O) groups is 1. The highest BCUT2D eigenvalue weighted by Gasteiger charge is 2.15. The Bertz CT molecular complexity index is 792. The maximum atomic E-state index is 12.5. The van der Waals surface area contributed by atoms with Gasteiger partial charge in [0, 0.05) is 19.7 Å². The van der Waals surface area contributed by atoms with Crippen molar-refractivity contribution < 1.29 is 14.3 Å². The van der Waals surface area contributed by atoms with Gasteiger partial charge >= 0.3 is 0 Å². The largest absolute Gasteiger partial charge is 0.487 e. The van der Waals surface area contributed by atoms with E-state index in [1.165, 1.54) is 16.8 Å². The Morgan fingerprint density at radius 3 is 2.80 bits per heavy atom. The molecule has 1 amide bonds. The number of benzene rings is 1. The van der Waals surface area contributed by atoms with E-state index in [1.807, 2.05) is 6.92 Å². The smallest absolute Gasteiger partial charge is 0.276 e. The van der Waals surface area contributed by atoms with Crippen molar-refractivity contribution in [2.75, 3.05) is 25.6 Å². The summed E-state index contributed by atoms with van der Waals surface area (Å²) in [7, 11) is 1.57. The number of nitrogens with one attached hydrogen (secondary N) is 1. The number of carbonyl (C=O) groups excluding carboxylic acids is 1. The fourth-order valence-corrected chi connectivity index (χ4v) is 2.34. The van der Waals surface area contributed by atoms with E-state index in [-0.39, 0.29) is 11.3 Å². The Kier molecular flexibility index (Phi) is 6.97. The molecule has 1 aromatic heterocycles. The molecule has 2 aromatic rings. The molecular formula is C17H20ClN3O4. The topological polar surface area (TPSA) is 82.5 Å². The second-order valence-corrected chi connectivity index (χ2v) is 5.60. The summed E-state index contributed by atoms with van der Waals surface area (Å²) < 4.78 is 11.8. The molecule has 0 aliphatic rings. The molecule has 0 atom stereocenters. The van der Waals surface area contributed by atoms with E-state index in [2.05, 4.69) is 10.4 Å². The molecule has 1 N–H and O–H groups in total. The lowest BCUT2D eigenvalue weighted by atomic mass is 10.2. The number of aromatic nitrogens is 2. The molecule has 0 radical (unpaired) electrons. The van der Waals surface area contributed by atoms with Gasteiger partial charge in [-0.1, -0.05) is 24.6 Å². The molecule has 0 saturated carbocycles. The summed E-state index contributed by atoms with van der Waals surface area (Å²) in [5, 5.41) is 7.17. The Morgan fingerprint density at radius 1 is 1.28 bits per heavy atom. The van der Waals surface area contributed by atoms with Gasteiger partial charge < -0.3 is 14.8 Å². The zero-order valence-electron chi connectivity index (χ0n) is 14.1. The zero-order valence-corrected chi connectivity index (χ0v) is 14.9. The number of ether oxygens (including phenoxy) is 2. The summed E-state index contributed by atoms with van der Waals surface area (Å²) in [5.74, 6) is -0.0971. The van der Waals surface area contributed by atoms with Crippen molar-refractivity contribution in [1.82, 2.24) is 9.78 Å². The van der Waals surface area contributed by atoms with Crippen LogP contribution in [0.4, 0.5) is 5.69 Å². The number of methoxy groups -OCH3 is 1. The van der Waals surface area contributed by atoms with Gasteiger partial charge in [0.2, 0.25) is 0 Å². The number of hydrogen-bond donors (Lipinski definition) is 1. The fraction of sp³-hybridized carbons (Fsp3) is 0.353. The van der Waals surface area contributed by atoms with Crippen LogP contribution in [-0.2, 0) is 11.3 Å². The monoisotopic (exact) mass is 365 g/mol. The summed E-state index contributed by atoms with van der Waals surface area (Å²) in [6.07, 6.45) is 0.740. The first-order valence-corrected chi connectivity index (χ1v) is 8.24. The molecular weight excluding hydrogens is 346 g/mol. The van der Waals surface area contributed by atoms with Gasteiger partial charge in [0.05, 0.1) is 17.3 Å². The van der Waals surface area contributed by atoms with Crippen LogP contribution in [0, 0.1) is 0 Å². The molecule has 0 spiro atoms. The molecule has 0 fully saturated rings. The number of nitrogens with zero attached hydrogens (tertiary/aromatic N) is 2. The lowest BCUT2D eigenvalue weighted by Crippen LogP contribution is -2.26. The summed E-state index contributed by atoms with van der Waals surface area (Å²) in [5.41, 5.74) is 0.309. The molecule has 7 nitrogen and oxygen atoms in total. The average Bonchev–Trinajstić information content (AvgIpc) is 2.59. The van der Waals surface area contributed by atoms with Gasteiger partial charge in [-0.2, -0.15) is 5.10 Å². The number of para-hydroxylation sites is 1. The van der Waals surface area contributed by atoms with E-state index >= 15 is 0 Å². The minimum atomic E-state index is -0.455. The van der Waals surface area contributed by atoms with Gasteiger partial charge in [-0.15, -0.1) is 0 Å². The van der Waals surface area contributed by atoms with Crippen molar-refractivity contribution in [3.63, 3.8) is 0 Å². The first kappa shape index (κ1) is 19.0. The Hall–Kier alpha value is -2.38. The molecule has 0 bridgehead atoms. The highest BCUT2D eigenvalue weighted by molar-refractivity contribution is 6.32. The van der Waals surface area contributed by atoms with Crippen molar-refractivity contribution >= 4 is 23.2 Å².